The molecule has 3 heterocycles. The van der Waals surface area contributed by atoms with Crippen molar-refractivity contribution < 1.29 is 32.8 Å². The fourth-order valence-electron chi connectivity index (χ4n) is 4.12. The van der Waals surface area contributed by atoms with Gasteiger partial charge in [-0.3, -0.25) is 14.5 Å². The molecule has 11 heteroatoms. The molecule has 1 aromatic carbocycles. The van der Waals surface area contributed by atoms with E-state index in [2.05, 4.69) is 20.2 Å². The van der Waals surface area contributed by atoms with Gasteiger partial charge in [0.05, 0.1) is 19.5 Å². The van der Waals surface area contributed by atoms with E-state index < -0.39 is 17.4 Å². The van der Waals surface area contributed by atoms with Crippen molar-refractivity contribution >= 4 is 18.2 Å². The van der Waals surface area contributed by atoms with Crippen molar-refractivity contribution in [1.82, 2.24) is 15.0 Å². The molecule has 37 heavy (non-hydrogen) atoms. The van der Waals surface area contributed by atoms with Crippen LogP contribution in [0.5, 0.6) is 0 Å². The number of ether oxygens (including phenoxy) is 2. The third kappa shape index (κ3) is 6.42. The summed E-state index contributed by atoms with van der Waals surface area (Å²) in [5.74, 6) is 0.326. The van der Waals surface area contributed by atoms with Crippen LogP contribution in [-0.4, -0.2) is 59.5 Å². The van der Waals surface area contributed by atoms with E-state index in [0.29, 0.717) is 44.1 Å². The summed E-state index contributed by atoms with van der Waals surface area (Å²) in [4.78, 5) is 36.9. The van der Waals surface area contributed by atoms with Crippen LogP contribution in [0.3, 0.4) is 0 Å². The molecule has 3 aromatic rings. The van der Waals surface area contributed by atoms with E-state index in [1.807, 2.05) is 24.3 Å². The van der Waals surface area contributed by atoms with Crippen molar-refractivity contribution in [2.75, 3.05) is 26.3 Å². The van der Waals surface area contributed by atoms with E-state index in [1.54, 1.807) is 32.2 Å². The van der Waals surface area contributed by atoms with E-state index >= 15 is 0 Å². The quantitative estimate of drug-likeness (QED) is 0.163. The summed E-state index contributed by atoms with van der Waals surface area (Å²) in [5.41, 5.74) is 0.654. The molecule has 0 spiro atoms. The Labute approximate surface area is 214 Å². The second-order valence-electron chi connectivity index (χ2n) is 8.54. The lowest BCUT2D eigenvalue weighted by Crippen LogP contribution is -2.50. The van der Waals surface area contributed by atoms with Crippen molar-refractivity contribution in [1.29, 1.82) is 0 Å². The summed E-state index contributed by atoms with van der Waals surface area (Å²) >= 11 is 0. The molecule has 1 aliphatic heterocycles. The van der Waals surface area contributed by atoms with Gasteiger partial charge in [-0.1, -0.05) is 34.6 Å². The summed E-state index contributed by atoms with van der Waals surface area (Å²) in [5, 5.41) is 7.80. The van der Waals surface area contributed by atoms with Gasteiger partial charge in [0.25, 0.3) is 5.89 Å². The fraction of sp³-hybridized carbons (Fsp3) is 0.423. The Hall–Kier alpha value is -3.99. The summed E-state index contributed by atoms with van der Waals surface area (Å²) in [6, 6.07) is 11.4. The van der Waals surface area contributed by atoms with Crippen molar-refractivity contribution in [3.05, 3.63) is 59.9 Å². The monoisotopic (exact) mass is 510 g/mol. The lowest BCUT2D eigenvalue weighted by atomic mass is 9.78. The van der Waals surface area contributed by atoms with Crippen molar-refractivity contribution in [2.45, 2.75) is 39.8 Å². The molecule has 196 valence electrons. The number of hydrogen-bond acceptors (Lipinski definition) is 11. The Morgan fingerprint density at radius 3 is 2.41 bits per heavy atom. The average molecular weight is 511 g/mol. The number of aromatic nitrogens is 2. The number of nitrogens with zero attached hydrogens (tertiary/aromatic N) is 4. The van der Waals surface area contributed by atoms with Crippen LogP contribution in [0.2, 0.25) is 0 Å². The van der Waals surface area contributed by atoms with Gasteiger partial charge < -0.3 is 23.3 Å². The predicted molar refractivity (Wildman–Crippen MR) is 131 cm³/mol. The Balaban J connectivity index is 1.30. The van der Waals surface area contributed by atoms with Crippen LogP contribution in [0.25, 0.3) is 11.4 Å². The largest absolute Gasteiger partial charge is 0.466 e. The molecular formula is C26H30N4O7. The zero-order valence-corrected chi connectivity index (χ0v) is 20.9. The van der Waals surface area contributed by atoms with Gasteiger partial charge in [0, 0.05) is 25.2 Å². The topological polar surface area (TPSA) is 129 Å². The molecule has 0 aliphatic carbocycles. The molecule has 0 bridgehead atoms. The molecule has 4 rings (SSSR count). The maximum Gasteiger partial charge on any atom is 0.323 e. The molecule has 0 unspecified atom stereocenters. The van der Waals surface area contributed by atoms with Crippen LogP contribution in [0.1, 0.15) is 43.9 Å². The van der Waals surface area contributed by atoms with Gasteiger partial charge in [-0.2, -0.15) is 4.98 Å². The lowest BCUT2D eigenvalue weighted by molar-refractivity contribution is -0.176. The van der Waals surface area contributed by atoms with Crippen LogP contribution in [-0.2, 0) is 37.1 Å². The number of oxime groups is 1. The highest BCUT2D eigenvalue weighted by Crippen LogP contribution is 2.35. The summed E-state index contributed by atoms with van der Waals surface area (Å²) in [7, 11) is 0. The second-order valence-corrected chi connectivity index (χ2v) is 8.54. The standard InChI is InChI=1S/C26H30N4O7/c1-3-33-24(31)26(25(32)34-4-2)11-13-30(14-12-26)17-19-7-9-20(10-8-19)23-28-22(37-29-23)16-27-36-18-21-6-5-15-35-21/h5-10,15-16H,3-4,11-14,17-18H2,1-2H3/b27-16+. The molecule has 0 saturated carbocycles. The van der Waals surface area contributed by atoms with E-state index in [1.165, 1.54) is 6.21 Å². The molecule has 1 saturated heterocycles. The van der Waals surface area contributed by atoms with Crippen LogP contribution in [0.15, 0.2) is 56.8 Å². The lowest BCUT2D eigenvalue weighted by Gasteiger charge is -2.38. The first kappa shape index (κ1) is 26.1. The van der Waals surface area contributed by atoms with Crippen molar-refractivity contribution in [2.24, 2.45) is 10.6 Å². The summed E-state index contributed by atoms with van der Waals surface area (Å²) in [6.07, 6.45) is 3.63. The highest BCUT2D eigenvalue weighted by molar-refractivity contribution is 6.00. The summed E-state index contributed by atoms with van der Waals surface area (Å²) in [6.45, 7) is 5.96. The number of esters is 2. The minimum absolute atomic E-state index is 0.204. The molecule has 11 nitrogen and oxygen atoms in total. The fourth-order valence-corrected chi connectivity index (χ4v) is 4.12. The van der Waals surface area contributed by atoms with Crippen molar-refractivity contribution in [3.63, 3.8) is 0 Å². The number of furan rings is 1. The molecule has 2 aromatic heterocycles. The molecule has 0 atom stereocenters. The van der Waals surface area contributed by atoms with Gasteiger partial charge in [-0.25, -0.2) is 0 Å². The normalized spacial score (nSPS) is 15.5. The first-order valence-electron chi connectivity index (χ1n) is 12.2. The Morgan fingerprint density at radius 1 is 1.08 bits per heavy atom. The van der Waals surface area contributed by atoms with Gasteiger partial charge in [0.15, 0.2) is 12.0 Å². The first-order chi connectivity index (χ1) is 18.0. The number of rotatable bonds is 11. The van der Waals surface area contributed by atoms with Gasteiger partial charge in [-0.05, 0) is 44.4 Å². The number of carbonyl (C=O) groups is 2. The average Bonchev–Trinajstić information content (AvgIpc) is 3.60. The van der Waals surface area contributed by atoms with Crippen LogP contribution < -0.4 is 0 Å². The van der Waals surface area contributed by atoms with Crippen molar-refractivity contribution in [3.8, 4) is 11.4 Å². The van der Waals surface area contributed by atoms with Gasteiger partial charge >= 0.3 is 11.9 Å². The number of piperidine rings is 1. The van der Waals surface area contributed by atoms with E-state index in [4.69, 9.17) is 23.3 Å². The Kier molecular flexibility index (Phi) is 8.68. The van der Waals surface area contributed by atoms with E-state index in [0.717, 1.165) is 11.1 Å². The zero-order valence-electron chi connectivity index (χ0n) is 20.9. The molecule has 0 amide bonds. The maximum absolute atomic E-state index is 12.6. The number of carbonyl (C=O) groups excluding carboxylic acids is 2. The smallest absolute Gasteiger partial charge is 0.323 e. The first-order valence-corrected chi connectivity index (χ1v) is 12.2. The molecule has 1 fully saturated rings. The second kappa shape index (κ2) is 12.3. The summed E-state index contributed by atoms with van der Waals surface area (Å²) < 4.78 is 20.8. The van der Waals surface area contributed by atoms with E-state index in [9.17, 15) is 9.59 Å². The Bertz CT molecular complexity index is 1160. The third-order valence-corrected chi connectivity index (χ3v) is 6.13. The van der Waals surface area contributed by atoms with Gasteiger partial charge in [0.2, 0.25) is 5.82 Å². The third-order valence-electron chi connectivity index (χ3n) is 6.13. The van der Waals surface area contributed by atoms with Crippen LogP contribution in [0, 0.1) is 5.41 Å². The molecular weight excluding hydrogens is 480 g/mol. The number of likely N-dealkylation sites (tertiary alicyclic amines) is 1. The predicted octanol–water partition coefficient (Wildman–Crippen LogP) is 3.59. The number of benzene rings is 1. The SMILES string of the molecule is CCOC(=O)C1(C(=O)OCC)CCN(Cc2ccc(-c3noc(/C=N/OCc4ccco4)n3)cc2)CC1. The minimum Gasteiger partial charge on any atom is -0.466 e. The minimum atomic E-state index is -1.23. The zero-order chi connectivity index (χ0) is 26.1. The van der Waals surface area contributed by atoms with Crippen LogP contribution >= 0.6 is 0 Å². The van der Waals surface area contributed by atoms with Crippen LogP contribution in [0.4, 0.5) is 0 Å². The Morgan fingerprint density at radius 2 is 1.78 bits per heavy atom. The highest BCUT2D eigenvalue weighted by Gasteiger charge is 2.50. The van der Waals surface area contributed by atoms with E-state index in [-0.39, 0.29) is 25.7 Å². The molecule has 1 aliphatic rings. The maximum atomic E-state index is 12.6. The highest BCUT2D eigenvalue weighted by atomic mass is 16.6. The number of hydrogen-bond donors (Lipinski definition) is 0. The molecule has 0 radical (unpaired) electrons. The molecule has 0 N–H and O–H groups in total. The van der Waals surface area contributed by atoms with Gasteiger partial charge in [0.1, 0.15) is 12.0 Å². The van der Waals surface area contributed by atoms with Gasteiger partial charge in [-0.15, -0.1) is 0 Å².